The largest absolute Gasteiger partial charge is 0.340 e. The van der Waals surface area contributed by atoms with Crippen molar-refractivity contribution in [3.8, 4) is 0 Å². The molecular weight excluding hydrogens is 320 g/mol. The van der Waals surface area contributed by atoms with E-state index >= 15 is 0 Å². The monoisotopic (exact) mass is 342 g/mol. The number of thiophene rings is 1. The van der Waals surface area contributed by atoms with Gasteiger partial charge < -0.3 is 4.90 Å². The molecule has 22 heavy (non-hydrogen) atoms. The van der Waals surface area contributed by atoms with Gasteiger partial charge in [-0.25, -0.2) is 8.42 Å². The second-order valence-electron chi connectivity index (χ2n) is 6.05. The zero-order chi connectivity index (χ0) is 15.6. The fraction of sp³-hybridized carbons (Fsp3) is 0.667. The summed E-state index contributed by atoms with van der Waals surface area (Å²) in [5, 5.41) is 2.04. The van der Waals surface area contributed by atoms with Crippen molar-refractivity contribution in [2.45, 2.75) is 25.3 Å². The summed E-state index contributed by atoms with van der Waals surface area (Å²) < 4.78 is 23.1. The van der Waals surface area contributed by atoms with Crippen LogP contribution in [0.3, 0.4) is 0 Å². The molecule has 1 aromatic rings. The molecule has 0 aliphatic carbocycles. The van der Waals surface area contributed by atoms with Crippen molar-refractivity contribution in [2.24, 2.45) is 0 Å². The van der Waals surface area contributed by atoms with E-state index in [1.54, 1.807) is 11.3 Å². The Morgan fingerprint density at radius 2 is 2.05 bits per heavy atom. The maximum atomic E-state index is 12.2. The first kappa shape index (κ1) is 16.0. The fourth-order valence-corrected chi connectivity index (χ4v) is 5.71. The number of hydrogen-bond acceptors (Lipinski definition) is 5. The lowest BCUT2D eigenvalue weighted by molar-refractivity contribution is -0.133. The third kappa shape index (κ3) is 3.88. The highest BCUT2D eigenvalue weighted by Crippen LogP contribution is 2.19. The Bertz CT molecular complexity index is 605. The average Bonchev–Trinajstić information content (AvgIpc) is 3.14. The minimum atomic E-state index is -2.83. The molecule has 3 heterocycles. The summed E-state index contributed by atoms with van der Waals surface area (Å²) in [5.41, 5.74) is 0. The lowest BCUT2D eigenvalue weighted by Gasteiger charge is -2.37. The van der Waals surface area contributed by atoms with Crippen molar-refractivity contribution in [3.63, 3.8) is 0 Å². The number of nitrogens with zero attached hydrogens (tertiary/aromatic N) is 2. The van der Waals surface area contributed by atoms with Gasteiger partial charge in [0, 0.05) is 43.5 Å². The Hall–Kier alpha value is -0.920. The van der Waals surface area contributed by atoms with Crippen molar-refractivity contribution < 1.29 is 13.2 Å². The molecule has 122 valence electrons. The molecule has 2 fully saturated rings. The lowest BCUT2D eigenvalue weighted by atomic mass is 10.1. The zero-order valence-corrected chi connectivity index (χ0v) is 14.2. The van der Waals surface area contributed by atoms with Crippen molar-refractivity contribution >= 4 is 27.1 Å². The number of carbonyl (C=O) groups excluding carboxylic acids is 1. The summed E-state index contributed by atoms with van der Waals surface area (Å²) >= 11 is 1.69. The van der Waals surface area contributed by atoms with Crippen LogP contribution in [0.25, 0.3) is 0 Å². The molecule has 0 spiro atoms. The summed E-state index contributed by atoms with van der Waals surface area (Å²) in [4.78, 5) is 17.7. The Kier molecular flexibility index (Phi) is 4.84. The number of carbonyl (C=O) groups is 1. The molecule has 1 amide bonds. The standard InChI is InChI=1S/C15H22N2O3S2/c18-15(4-3-14-2-1-10-21-14)17-8-6-16(7-9-17)13-5-11-22(19,20)12-13/h1-2,10,13H,3-9,11-12H2. The average molecular weight is 342 g/mol. The molecule has 0 aromatic carbocycles. The summed E-state index contributed by atoms with van der Waals surface area (Å²) in [6.07, 6.45) is 2.13. The Balaban J connectivity index is 1.44. The zero-order valence-electron chi connectivity index (χ0n) is 12.6. The molecule has 0 saturated carbocycles. The molecule has 1 unspecified atom stereocenters. The minimum Gasteiger partial charge on any atom is -0.340 e. The van der Waals surface area contributed by atoms with Gasteiger partial charge in [-0.05, 0) is 24.3 Å². The van der Waals surface area contributed by atoms with E-state index in [0.29, 0.717) is 17.9 Å². The molecule has 2 saturated heterocycles. The van der Waals surface area contributed by atoms with Crippen LogP contribution in [0, 0.1) is 0 Å². The van der Waals surface area contributed by atoms with Crippen LogP contribution in [-0.2, 0) is 21.1 Å². The molecule has 0 radical (unpaired) electrons. The van der Waals surface area contributed by atoms with E-state index in [2.05, 4.69) is 11.0 Å². The molecule has 0 bridgehead atoms. The van der Waals surface area contributed by atoms with E-state index in [9.17, 15) is 13.2 Å². The van der Waals surface area contributed by atoms with Gasteiger partial charge in [0.2, 0.25) is 5.91 Å². The highest BCUT2D eigenvalue weighted by molar-refractivity contribution is 7.91. The Morgan fingerprint density at radius 1 is 1.27 bits per heavy atom. The van der Waals surface area contributed by atoms with Crippen molar-refractivity contribution in [2.75, 3.05) is 37.7 Å². The molecular formula is C15H22N2O3S2. The van der Waals surface area contributed by atoms with Crippen LogP contribution in [-0.4, -0.2) is 67.9 Å². The molecule has 3 rings (SSSR count). The molecule has 7 heteroatoms. The van der Waals surface area contributed by atoms with E-state index < -0.39 is 9.84 Å². The topological polar surface area (TPSA) is 57.7 Å². The normalized spacial score (nSPS) is 25.5. The van der Waals surface area contributed by atoms with Gasteiger partial charge in [0.05, 0.1) is 11.5 Å². The first-order valence-electron chi connectivity index (χ1n) is 7.78. The molecule has 0 N–H and O–H groups in total. The maximum Gasteiger partial charge on any atom is 0.223 e. The van der Waals surface area contributed by atoms with E-state index in [4.69, 9.17) is 0 Å². The second kappa shape index (κ2) is 6.68. The summed E-state index contributed by atoms with van der Waals surface area (Å²) in [7, 11) is -2.83. The van der Waals surface area contributed by atoms with Crippen molar-refractivity contribution in [1.82, 2.24) is 9.80 Å². The summed E-state index contributed by atoms with van der Waals surface area (Å²) in [6, 6.07) is 4.24. The van der Waals surface area contributed by atoms with E-state index in [1.807, 2.05) is 16.3 Å². The quantitative estimate of drug-likeness (QED) is 0.819. The maximum absolute atomic E-state index is 12.2. The predicted molar refractivity (Wildman–Crippen MR) is 87.9 cm³/mol. The minimum absolute atomic E-state index is 0.161. The van der Waals surface area contributed by atoms with Gasteiger partial charge in [0.25, 0.3) is 0 Å². The van der Waals surface area contributed by atoms with Crippen LogP contribution < -0.4 is 0 Å². The number of aryl methyl sites for hydroxylation is 1. The Labute approximate surface area is 135 Å². The molecule has 5 nitrogen and oxygen atoms in total. The summed E-state index contributed by atoms with van der Waals surface area (Å²) in [5.74, 6) is 0.823. The van der Waals surface area contributed by atoms with Crippen molar-refractivity contribution in [3.05, 3.63) is 22.4 Å². The molecule has 2 aliphatic rings. The first-order chi connectivity index (χ1) is 10.5. The lowest BCUT2D eigenvalue weighted by Crippen LogP contribution is -2.52. The molecule has 2 aliphatic heterocycles. The van der Waals surface area contributed by atoms with Crippen molar-refractivity contribution in [1.29, 1.82) is 0 Å². The van der Waals surface area contributed by atoms with Crippen LogP contribution in [0.4, 0.5) is 0 Å². The third-order valence-electron chi connectivity index (χ3n) is 4.56. The highest BCUT2D eigenvalue weighted by Gasteiger charge is 2.34. The third-order valence-corrected chi connectivity index (χ3v) is 7.24. The van der Waals surface area contributed by atoms with E-state index in [-0.39, 0.29) is 11.9 Å². The van der Waals surface area contributed by atoms with Crippen LogP contribution in [0.15, 0.2) is 17.5 Å². The van der Waals surface area contributed by atoms with Gasteiger partial charge >= 0.3 is 0 Å². The van der Waals surface area contributed by atoms with E-state index in [1.165, 1.54) is 4.88 Å². The van der Waals surface area contributed by atoms with Gasteiger partial charge in [-0.3, -0.25) is 9.69 Å². The van der Waals surface area contributed by atoms with Crippen LogP contribution in [0.2, 0.25) is 0 Å². The predicted octanol–water partition coefficient (Wildman–Crippen LogP) is 1.01. The fourth-order valence-electron chi connectivity index (χ4n) is 3.24. The number of sulfone groups is 1. The molecule has 1 atom stereocenters. The number of amides is 1. The summed E-state index contributed by atoms with van der Waals surface area (Å²) in [6.45, 7) is 3.04. The Morgan fingerprint density at radius 3 is 2.64 bits per heavy atom. The van der Waals surface area contributed by atoms with Crippen LogP contribution >= 0.6 is 11.3 Å². The van der Waals surface area contributed by atoms with Gasteiger partial charge in [0.15, 0.2) is 9.84 Å². The second-order valence-corrected chi connectivity index (χ2v) is 9.31. The van der Waals surface area contributed by atoms with Crippen LogP contribution in [0.1, 0.15) is 17.7 Å². The number of hydrogen-bond donors (Lipinski definition) is 0. The number of rotatable bonds is 4. The molecule has 1 aromatic heterocycles. The van der Waals surface area contributed by atoms with Gasteiger partial charge in [0.1, 0.15) is 0 Å². The first-order valence-corrected chi connectivity index (χ1v) is 10.5. The SMILES string of the molecule is O=C(CCc1cccs1)N1CCN(C2CCS(=O)(=O)C2)CC1. The van der Waals surface area contributed by atoms with Crippen LogP contribution in [0.5, 0.6) is 0 Å². The van der Waals surface area contributed by atoms with Gasteiger partial charge in [-0.2, -0.15) is 0 Å². The van der Waals surface area contributed by atoms with E-state index in [0.717, 1.165) is 39.0 Å². The highest BCUT2D eigenvalue weighted by atomic mass is 32.2. The smallest absolute Gasteiger partial charge is 0.223 e. The number of piperazine rings is 1. The van der Waals surface area contributed by atoms with Gasteiger partial charge in [-0.1, -0.05) is 6.07 Å². The van der Waals surface area contributed by atoms with Gasteiger partial charge in [-0.15, -0.1) is 11.3 Å².